The van der Waals surface area contributed by atoms with Crippen molar-refractivity contribution >= 4 is 5.91 Å². The number of nitrogens with zero attached hydrogens (tertiary/aromatic N) is 1. The van der Waals surface area contributed by atoms with Crippen LogP contribution in [0.25, 0.3) is 5.69 Å². The van der Waals surface area contributed by atoms with Gasteiger partial charge >= 0.3 is 0 Å². The van der Waals surface area contributed by atoms with Gasteiger partial charge in [0.05, 0.1) is 12.7 Å². The Morgan fingerprint density at radius 3 is 2.40 bits per heavy atom. The summed E-state index contributed by atoms with van der Waals surface area (Å²) in [5.41, 5.74) is 1.90. The topological polar surface area (TPSA) is 60.3 Å². The zero-order valence-electron chi connectivity index (χ0n) is 13.8. The van der Waals surface area contributed by atoms with Crippen molar-refractivity contribution in [2.24, 2.45) is 0 Å². The van der Waals surface area contributed by atoms with E-state index < -0.39 is 0 Å². The van der Waals surface area contributed by atoms with Gasteiger partial charge in [-0.05, 0) is 35.9 Å². The van der Waals surface area contributed by atoms with Crippen LogP contribution in [0.4, 0.5) is 0 Å². The molecule has 25 heavy (non-hydrogen) atoms. The zero-order chi connectivity index (χ0) is 17.6. The van der Waals surface area contributed by atoms with Crippen molar-refractivity contribution in [3.05, 3.63) is 94.4 Å². The van der Waals surface area contributed by atoms with E-state index in [1.165, 1.54) is 16.7 Å². The molecule has 0 fully saturated rings. The highest BCUT2D eigenvalue weighted by Gasteiger charge is 2.09. The van der Waals surface area contributed by atoms with E-state index in [1.807, 2.05) is 30.3 Å². The van der Waals surface area contributed by atoms with Crippen LogP contribution in [-0.4, -0.2) is 17.6 Å². The maximum Gasteiger partial charge on any atom is 0.255 e. The molecular weight excluding hydrogens is 316 g/mol. The minimum Gasteiger partial charge on any atom is -0.497 e. The Bertz CT molecular complexity index is 916. The van der Waals surface area contributed by atoms with Gasteiger partial charge in [-0.2, -0.15) is 0 Å². The second-order valence-electron chi connectivity index (χ2n) is 5.49. The lowest BCUT2D eigenvalue weighted by Crippen LogP contribution is -2.25. The Labute approximate surface area is 145 Å². The number of benzene rings is 2. The lowest BCUT2D eigenvalue weighted by Gasteiger charge is -2.10. The molecule has 1 aromatic heterocycles. The van der Waals surface area contributed by atoms with Crippen LogP contribution >= 0.6 is 0 Å². The Balaban J connectivity index is 1.80. The average molecular weight is 334 g/mol. The van der Waals surface area contributed by atoms with Crippen LogP contribution in [0.2, 0.25) is 0 Å². The average Bonchev–Trinajstić information content (AvgIpc) is 2.67. The number of nitrogens with one attached hydrogen (secondary N) is 1. The SMILES string of the molecule is COc1ccc(-n2cc(C(=O)NCc3ccccc3)ccc2=O)cc1. The fourth-order valence-corrected chi connectivity index (χ4v) is 2.45. The third-order valence-electron chi connectivity index (χ3n) is 3.82. The summed E-state index contributed by atoms with van der Waals surface area (Å²) in [6.45, 7) is 0.432. The summed E-state index contributed by atoms with van der Waals surface area (Å²) in [5.74, 6) is 0.472. The van der Waals surface area contributed by atoms with Gasteiger partial charge in [0.25, 0.3) is 11.5 Å². The first-order valence-corrected chi connectivity index (χ1v) is 7.86. The van der Waals surface area contributed by atoms with Gasteiger partial charge in [-0.3, -0.25) is 14.2 Å². The lowest BCUT2D eigenvalue weighted by molar-refractivity contribution is 0.0950. The molecule has 0 spiro atoms. The molecule has 5 nitrogen and oxygen atoms in total. The maximum absolute atomic E-state index is 12.4. The summed E-state index contributed by atoms with van der Waals surface area (Å²) >= 11 is 0. The molecule has 1 amide bonds. The standard InChI is InChI=1S/C20H18N2O3/c1-25-18-10-8-17(9-11-18)22-14-16(7-12-19(22)23)20(24)21-13-15-5-3-2-4-6-15/h2-12,14H,13H2,1H3,(H,21,24). The molecule has 0 atom stereocenters. The zero-order valence-corrected chi connectivity index (χ0v) is 13.8. The molecule has 0 aliphatic carbocycles. The van der Waals surface area contributed by atoms with Gasteiger partial charge in [-0.25, -0.2) is 0 Å². The highest BCUT2D eigenvalue weighted by Crippen LogP contribution is 2.14. The first kappa shape index (κ1) is 16.5. The van der Waals surface area contributed by atoms with Crippen LogP contribution in [0, 0.1) is 0 Å². The van der Waals surface area contributed by atoms with Crippen molar-refractivity contribution < 1.29 is 9.53 Å². The summed E-state index contributed by atoms with van der Waals surface area (Å²) in [4.78, 5) is 24.5. The number of pyridine rings is 1. The third-order valence-corrected chi connectivity index (χ3v) is 3.82. The number of aromatic nitrogens is 1. The molecule has 3 rings (SSSR count). The van der Waals surface area contributed by atoms with Crippen molar-refractivity contribution in [3.8, 4) is 11.4 Å². The van der Waals surface area contributed by atoms with Crippen LogP contribution in [0.1, 0.15) is 15.9 Å². The molecule has 3 aromatic rings. The largest absolute Gasteiger partial charge is 0.497 e. The summed E-state index contributed by atoms with van der Waals surface area (Å²) < 4.78 is 6.56. The molecule has 0 bridgehead atoms. The summed E-state index contributed by atoms with van der Waals surface area (Å²) in [5, 5.41) is 2.86. The van der Waals surface area contributed by atoms with Gasteiger partial charge in [0.1, 0.15) is 5.75 Å². The van der Waals surface area contributed by atoms with Gasteiger partial charge in [-0.15, -0.1) is 0 Å². The normalized spacial score (nSPS) is 10.3. The van der Waals surface area contributed by atoms with Crippen LogP contribution in [0.15, 0.2) is 77.7 Å². The molecular formula is C20H18N2O3. The van der Waals surface area contributed by atoms with E-state index in [1.54, 1.807) is 37.6 Å². The first-order valence-electron chi connectivity index (χ1n) is 7.86. The monoisotopic (exact) mass is 334 g/mol. The molecule has 1 N–H and O–H groups in total. The number of carbonyl (C=O) groups excluding carboxylic acids is 1. The Hall–Kier alpha value is -3.34. The maximum atomic E-state index is 12.4. The molecule has 0 aliphatic heterocycles. The van der Waals surface area contributed by atoms with Crippen molar-refractivity contribution in [1.82, 2.24) is 9.88 Å². The van der Waals surface area contributed by atoms with Crippen LogP contribution in [0.3, 0.4) is 0 Å². The van der Waals surface area contributed by atoms with E-state index in [2.05, 4.69) is 5.32 Å². The van der Waals surface area contributed by atoms with Gasteiger partial charge in [-0.1, -0.05) is 30.3 Å². The fraction of sp³-hybridized carbons (Fsp3) is 0.100. The van der Waals surface area contributed by atoms with Crippen LogP contribution < -0.4 is 15.6 Å². The van der Waals surface area contributed by atoms with Crippen molar-refractivity contribution in [3.63, 3.8) is 0 Å². The van der Waals surface area contributed by atoms with Gasteiger partial charge in [0, 0.05) is 24.5 Å². The van der Waals surface area contributed by atoms with Gasteiger partial charge in [0.15, 0.2) is 0 Å². The summed E-state index contributed by atoms with van der Waals surface area (Å²) in [7, 11) is 1.58. The summed E-state index contributed by atoms with van der Waals surface area (Å²) in [6, 6.07) is 19.7. The molecule has 2 aromatic carbocycles. The quantitative estimate of drug-likeness (QED) is 0.780. The number of carbonyl (C=O) groups is 1. The van der Waals surface area contributed by atoms with E-state index in [0.717, 1.165) is 5.56 Å². The Kier molecular flexibility index (Phi) is 4.95. The minimum absolute atomic E-state index is 0.204. The van der Waals surface area contributed by atoms with Gasteiger partial charge < -0.3 is 10.1 Å². The summed E-state index contributed by atoms with van der Waals surface area (Å²) in [6.07, 6.45) is 1.55. The van der Waals surface area contributed by atoms with E-state index in [-0.39, 0.29) is 11.5 Å². The highest BCUT2D eigenvalue weighted by molar-refractivity contribution is 5.93. The third kappa shape index (κ3) is 3.95. The smallest absolute Gasteiger partial charge is 0.255 e. The molecule has 0 aliphatic rings. The number of rotatable bonds is 5. The van der Waals surface area contributed by atoms with Crippen LogP contribution in [0.5, 0.6) is 5.75 Å². The molecule has 126 valence electrons. The number of ether oxygens (including phenoxy) is 1. The number of hydrogen-bond donors (Lipinski definition) is 1. The minimum atomic E-state index is -0.230. The van der Waals surface area contributed by atoms with Gasteiger partial charge in [0.2, 0.25) is 0 Å². The Morgan fingerprint density at radius 2 is 1.72 bits per heavy atom. The number of methoxy groups -OCH3 is 1. The second-order valence-corrected chi connectivity index (χ2v) is 5.49. The lowest BCUT2D eigenvalue weighted by atomic mass is 10.2. The van der Waals surface area contributed by atoms with E-state index in [0.29, 0.717) is 23.5 Å². The van der Waals surface area contributed by atoms with E-state index in [9.17, 15) is 9.59 Å². The predicted molar refractivity (Wildman–Crippen MR) is 96.2 cm³/mol. The molecule has 0 saturated heterocycles. The van der Waals surface area contributed by atoms with Crippen molar-refractivity contribution in [2.75, 3.05) is 7.11 Å². The van der Waals surface area contributed by atoms with E-state index >= 15 is 0 Å². The molecule has 0 unspecified atom stereocenters. The molecule has 0 saturated carbocycles. The predicted octanol–water partition coefficient (Wildman–Crippen LogP) is 2.78. The molecule has 5 heteroatoms. The van der Waals surface area contributed by atoms with Crippen LogP contribution in [-0.2, 0) is 6.54 Å². The number of amides is 1. The van der Waals surface area contributed by atoms with Crippen molar-refractivity contribution in [2.45, 2.75) is 6.54 Å². The first-order chi connectivity index (χ1) is 12.2. The molecule has 0 radical (unpaired) electrons. The Morgan fingerprint density at radius 1 is 1.00 bits per heavy atom. The fourth-order valence-electron chi connectivity index (χ4n) is 2.45. The number of hydrogen-bond acceptors (Lipinski definition) is 3. The van der Waals surface area contributed by atoms with E-state index in [4.69, 9.17) is 4.74 Å². The second kappa shape index (κ2) is 7.49. The van der Waals surface area contributed by atoms with Crippen molar-refractivity contribution in [1.29, 1.82) is 0 Å². The highest BCUT2D eigenvalue weighted by atomic mass is 16.5. The molecule has 1 heterocycles.